The van der Waals surface area contributed by atoms with E-state index in [1.54, 1.807) is 0 Å². The standard InChI is InChI=1S/C14H15NO2/c1-3-10(2)11-4-5-14-12(6-11)7-13(17-14)8-15-9-16/h3-7,9H,8H2,1-2H3,(H,15,16)/b10-3+. The van der Waals surface area contributed by atoms with Gasteiger partial charge in [0.15, 0.2) is 0 Å². The van der Waals surface area contributed by atoms with Gasteiger partial charge in [-0.3, -0.25) is 4.79 Å². The number of amides is 1. The van der Waals surface area contributed by atoms with Crippen LogP contribution in [0.5, 0.6) is 0 Å². The third kappa shape index (κ3) is 2.38. The van der Waals surface area contributed by atoms with Crippen molar-refractivity contribution in [2.24, 2.45) is 0 Å². The van der Waals surface area contributed by atoms with E-state index in [-0.39, 0.29) is 0 Å². The molecule has 17 heavy (non-hydrogen) atoms. The Bertz CT molecular complexity index is 567. The molecule has 88 valence electrons. The number of hydrogen-bond donors (Lipinski definition) is 1. The molecule has 0 aliphatic rings. The van der Waals surface area contributed by atoms with E-state index in [4.69, 9.17) is 4.42 Å². The summed E-state index contributed by atoms with van der Waals surface area (Å²) in [6.07, 6.45) is 2.75. The summed E-state index contributed by atoms with van der Waals surface area (Å²) < 4.78 is 5.60. The highest BCUT2D eigenvalue weighted by Crippen LogP contribution is 2.24. The average Bonchev–Trinajstić information content (AvgIpc) is 2.76. The van der Waals surface area contributed by atoms with Crippen LogP contribution in [0, 0.1) is 0 Å². The number of carbonyl (C=O) groups is 1. The van der Waals surface area contributed by atoms with Crippen molar-refractivity contribution in [3.05, 3.63) is 41.7 Å². The molecule has 1 heterocycles. The Kier molecular flexibility index (Phi) is 3.28. The van der Waals surface area contributed by atoms with Crippen molar-refractivity contribution in [1.29, 1.82) is 0 Å². The van der Waals surface area contributed by atoms with Gasteiger partial charge in [-0.15, -0.1) is 0 Å². The number of benzene rings is 1. The van der Waals surface area contributed by atoms with Crippen LogP contribution in [0.25, 0.3) is 16.5 Å². The minimum atomic E-state index is 0.427. The molecular formula is C14H15NO2. The molecule has 0 aliphatic carbocycles. The molecule has 2 rings (SSSR count). The van der Waals surface area contributed by atoms with Gasteiger partial charge in [-0.05, 0) is 43.2 Å². The van der Waals surface area contributed by atoms with E-state index in [2.05, 4.69) is 24.4 Å². The largest absolute Gasteiger partial charge is 0.459 e. The average molecular weight is 229 g/mol. The van der Waals surface area contributed by atoms with Gasteiger partial charge in [0.2, 0.25) is 6.41 Å². The second-order valence-electron chi connectivity index (χ2n) is 3.94. The van der Waals surface area contributed by atoms with E-state index >= 15 is 0 Å². The van der Waals surface area contributed by atoms with Crippen molar-refractivity contribution in [3.63, 3.8) is 0 Å². The minimum absolute atomic E-state index is 0.427. The summed E-state index contributed by atoms with van der Waals surface area (Å²) >= 11 is 0. The van der Waals surface area contributed by atoms with Crippen molar-refractivity contribution in [1.82, 2.24) is 5.32 Å². The fourth-order valence-electron chi connectivity index (χ4n) is 1.74. The number of nitrogens with one attached hydrogen (secondary N) is 1. The smallest absolute Gasteiger partial charge is 0.207 e. The maximum Gasteiger partial charge on any atom is 0.207 e. The molecule has 3 heteroatoms. The molecule has 0 fully saturated rings. The van der Waals surface area contributed by atoms with Crippen molar-refractivity contribution in [2.45, 2.75) is 20.4 Å². The van der Waals surface area contributed by atoms with E-state index in [0.717, 1.165) is 16.7 Å². The van der Waals surface area contributed by atoms with E-state index in [1.165, 1.54) is 11.1 Å². The first kappa shape index (κ1) is 11.5. The highest BCUT2D eigenvalue weighted by atomic mass is 16.3. The maximum absolute atomic E-state index is 10.2. The molecule has 1 aromatic carbocycles. The monoisotopic (exact) mass is 229 g/mol. The molecule has 0 radical (unpaired) electrons. The Morgan fingerprint density at radius 3 is 2.94 bits per heavy atom. The zero-order valence-corrected chi connectivity index (χ0v) is 9.99. The molecule has 1 amide bonds. The van der Waals surface area contributed by atoms with Crippen molar-refractivity contribution in [2.75, 3.05) is 0 Å². The molecular weight excluding hydrogens is 214 g/mol. The van der Waals surface area contributed by atoms with Crippen LogP contribution in [-0.4, -0.2) is 6.41 Å². The first-order valence-electron chi connectivity index (χ1n) is 5.57. The predicted molar refractivity (Wildman–Crippen MR) is 68.4 cm³/mol. The Morgan fingerprint density at radius 2 is 2.24 bits per heavy atom. The zero-order valence-electron chi connectivity index (χ0n) is 9.99. The van der Waals surface area contributed by atoms with Crippen LogP contribution >= 0.6 is 0 Å². The number of furan rings is 1. The first-order valence-corrected chi connectivity index (χ1v) is 5.57. The summed E-state index contributed by atoms with van der Waals surface area (Å²) in [5, 5.41) is 3.65. The van der Waals surface area contributed by atoms with Crippen LogP contribution in [0.4, 0.5) is 0 Å². The first-order chi connectivity index (χ1) is 8.24. The number of rotatable bonds is 4. The lowest BCUT2D eigenvalue weighted by atomic mass is 10.1. The molecule has 0 bridgehead atoms. The van der Waals surface area contributed by atoms with Crippen LogP contribution in [-0.2, 0) is 11.3 Å². The molecule has 1 N–H and O–H groups in total. The number of hydrogen-bond acceptors (Lipinski definition) is 2. The molecule has 2 aromatic rings. The second kappa shape index (κ2) is 4.87. The van der Waals surface area contributed by atoms with Gasteiger partial charge in [-0.1, -0.05) is 12.1 Å². The van der Waals surface area contributed by atoms with E-state index in [0.29, 0.717) is 13.0 Å². The molecule has 3 nitrogen and oxygen atoms in total. The van der Waals surface area contributed by atoms with Crippen LogP contribution in [0.2, 0.25) is 0 Å². The Hall–Kier alpha value is -2.03. The number of carbonyl (C=O) groups excluding carboxylic acids is 1. The summed E-state index contributed by atoms with van der Waals surface area (Å²) in [7, 11) is 0. The van der Waals surface area contributed by atoms with Crippen molar-refractivity contribution >= 4 is 23.0 Å². The number of allylic oxidation sites excluding steroid dienone is 2. The molecule has 0 unspecified atom stereocenters. The Morgan fingerprint density at radius 1 is 1.41 bits per heavy atom. The second-order valence-corrected chi connectivity index (χ2v) is 3.94. The SMILES string of the molecule is C/C=C(\C)c1ccc2oc(CNC=O)cc2c1. The van der Waals surface area contributed by atoms with Gasteiger partial charge in [0, 0.05) is 5.39 Å². The molecule has 0 atom stereocenters. The lowest BCUT2D eigenvalue weighted by molar-refractivity contribution is -0.109. The van der Waals surface area contributed by atoms with Crippen LogP contribution in [0.15, 0.2) is 34.8 Å². The van der Waals surface area contributed by atoms with E-state index in [9.17, 15) is 4.79 Å². The molecule has 1 aromatic heterocycles. The molecule has 0 spiro atoms. The van der Waals surface area contributed by atoms with Crippen molar-refractivity contribution < 1.29 is 9.21 Å². The highest BCUT2D eigenvalue weighted by Gasteiger charge is 2.04. The van der Waals surface area contributed by atoms with Gasteiger partial charge in [-0.2, -0.15) is 0 Å². The van der Waals surface area contributed by atoms with Gasteiger partial charge in [0.1, 0.15) is 11.3 Å². The van der Waals surface area contributed by atoms with Crippen LogP contribution in [0.1, 0.15) is 25.2 Å². The van der Waals surface area contributed by atoms with Gasteiger partial charge < -0.3 is 9.73 Å². The Labute approximate surface area is 100 Å². The van der Waals surface area contributed by atoms with Crippen molar-refractivity contribution in [3.8, 4) is 0 Å². The van der Waals surface area contributed by atoms with Gasteiger partial charge in [-0.25, -0.2) is 0 Å². The third-order valence-corrected chi connectivity index (χ3v) is 2.82. The minimum Gasteiger partial charge on any atom is -0.459 e. The van der Waals surface area contributed by atoms with Crippen LogP contribution in [0.3, 0.4) is 0 Å². The fraction of sp³-hybridized carbons (Fsp3) is 0.214. The maximum atomic E-state index is 10.2. The number of fused-ring (bicyclic) bond motifs is 1. The summed E-state index contributed by atoms with van der Waals surface area (Å²) in [6.45, 7) is 4.53. The normalized spacial score (nSPS) is 11.8. The van der Waals surface area contributed by atoms with Gasteiger partial charge in [0.05, 0.1) is 6.54 Å². The molecule has 0 aliphatic heterocycles. The topological polar surface area (TPSA) is 42.2 Å². The molecule has 0 saturated heterocycles. The summed E-state index contributed by atoms with van der Waals surface area (Å²) in [5.41, 5.74) is 3.27. The Balaban J connectivity index is 2.37. The third-order valence-electron chi connectivity index (χ3n) is 2.82. The zero-order chi connectivity index (χ0) is 12.3. The lowest BCUT2D eigenvalue weighted by Gasteiger charge is -1.99. The summed E-state index contributed by atoms with van der Waals surface area (Å²) in [6, 6.07) is 8.05. The van der Waals surface area contributed by atoms with Crippen LogP contribution < -0.4 is 5.32 Å². The summed E-state index contributed by atoms with van der Waals surface area (Å²) in [4.78, 5) is 10.2. The molecule has 0 saturated carbocycles. The summed E-state index contributed by atoms with van der Waals surface area (Å²) in [5.74, 6) is 0.766. The van der Waals surface area contributed by atoms with Gasteiger partial charge in [0.25, 0.3) is 0 Å². The lowest BCUT2D eigenvalue weighted by Crippen LogP contribution is -2.08. The van der Waals surface area contributed by atoms with E-state index < -0.39 is 0 Å². The predicted octanol–water partition coefficient (Wildman–Crippen LogP) is 3.10. The van der Waals surface area contributed by atoms with Gasteiger partial charge >= 0.3 is 0 Å². The quantitative estimate of drug-likeness (QED) is 0.818. The fourth-order valence-corrected chi connectivity index (χ4v) is 1.74. The van der Waals surface area contributed by atoms with E-state index in [1.807, 2.05) is 25.1 Å². The highest BCUT2D eigenvalue weighted by molar-refractivity contribution is 5.82.